The molecule has 0 spiro atoms. The standard InChI is InChI=1S/C26H31ClF3N4O2/c1-2-32(18-24(31)35)17-23(21-5-3-4-6-22(21)26(28,29)30)33-13-15-34(16-14-33)25(36)12-9-19-7-10-20(27)11-8-19/h3-8,10-12,23H,2,9,13-18H2,1H3,(H2,31,35). The Hall–Kier alpha value is -2.62. The minimum atomic E-state index is -4.51. The summed E-state index contributed by atoms with van der Waals surface area (Å²) < 4.78 is 41.5. The van der Waals surface area contributed by atoms with Gasteiger partial charge in [0.05, 0.1) is 18.5 Å². The van der Waals surface area contributed by atoms with Gasteiger partial charge < -0.3 is 10.6 Å². The molecule has 1 saturated heterocycles. The van der Waals surface area contributed by atoms with E-state index in [1.807, 2.05) is 24.0 Å². The maximum atomic E-state index is 13.8. The van der Waals surface area contributed by atoms with Crippen LogP contribution in [0, 0.1) is 6.42 Å². The minimum absolute atomic E-state index is 0.0424. The second-order valence-electron chi connectivity index (χ2n) is 8.79. The molecule has 0 saturated carbocycles. The lowest BCUT2D eigenvalue weighted by Crippen LogP contribution is -2.52. The number of amides is 2. The fraction of sp³-hybridized carbons (Fsp3) is 0.423. The zero-order chi connectivity index (χ0) is 26.3. The van der Waals surface area contributed by atoms with Crippen molar-refractivity contribution >= 4 is 23.4 Å². The highest BCUT2D eigenvalue weighted by atomic mass is 35.5. The topological polar surface area (TPSA) is 69.9 Å². The Morgan fingerprint density at radius 3 is 2.31 bits per heavy atom. The van der Waals surface area contributed by atoms with Crippen molar-refractivity contribution < 1.29 is 22.8 Å². The first-order valence-corrected chi connectivity index (χ1v) is 12.2. The van der Waals surface area contributed by atoms with E-state index in [1.54, 1.807) is 34.4 Å². The third kappa shape index (κ3) is 7.69. The van der Waals surface area contributed by atoms with Crippen LogP contribution in [-0.2, 0) is 22.2 Å². The smallest absolute Gasteiger partial charge is 0.369 e. The van der Waals surface area contributed by atoms with Gasteiger partial charge in [-0.2, -0.15) is 13.2 Å². The van der Waals surface area contributed by atoms with Crippen molar-refractivity contribution in [3.8, 4) is 0 Å². The molecule has 0 aromatic heterocycles. The number of benzene rings is 2. The lowest BCUT2D eigenvalue weighted by atomic mass is 9.97. The first-order valence-electron chi connectivity index (χ1n) is 11.9. The second kappa shape index (κ2) is 12.6. The number of rotatable bonds is 10. The molecule has 1 aliphatic rings. The Kier molecular flexibility index (Phi) is 9.76. The van der Waals surface area contributed by atoms with E-state index in [4.69, 9.17) is 17.3 Å². The fourth-order valence-electron chi connectivity index (χ4n) is 4.44. The number of alkyl halides is 3. The molecule has 1 radical (unpaired) electrons. The van der Waals surface area contributed by atoms with Crippen LogP contribution in [0.4, 0.5) is 13.2 Å². The van der Waals surface area contributed by atoms with E-state index < -0.39 is 23.7 Å². The van der Waals surface area contributed by atoms with Crippen LogP contribution in [0.5, 0.6) is 0 Å². The Morgan fingerprint density at radius 2 is 1.72 bits per heavy atom. The number of carbonyl (C=O) groups is 2. The maximum absolute atomic E-state index is 13.8. The third-order valence-electron chi connectivity index (χ3n) is 6.38. The van der Waals surface area contributed by atoms with Gasteiger partial charge in [0.2, 0.25) is 11.8 Å². The number of primary amides is 1. The molecule has 195 valence electrons. The molecule has 1 fully saturated rings. The first kappa shape index (κ1) is 28.0. The number of halogens is 4. The minimum Gasteiger partial charge on any atom is -0.369 e. The largest absolute Gasteiger partial charge is 0.416 e. The van der Waals surface area contributed by atoms with Crippen molar-refractivity contribution in [3.63, 3.8) is 0 Å². The van der Waals surface area contributed by atoms with Crippen LogP contribution in [0.2, 0.25) is 5.02 Å². The molecule has 6 nitrogen and oxygen atoms in total. The van der Waals surface area contributed by atoms with Crippen molar-refractivity contribution in [3.05, 3.63) is 76.7 Å². The van der Waals surface area contributed by atoms with E-state index >= 15 is 0 Å². The van der Waals surface area contributed by atoms with Crippen LogP contribution in [-0.4, -0.2) is 72.3 Å². The van der Waals surface area contributed by atoms with Crippen LogP contribution in [0.1, 0.15) is 29.7 Å². The van der Waals surface area contributed by atoms with Crippen LogP contribution in [0.3, 0.4) is 0 Å². The van der Waals surface area contributed by atoms with E-state index in [0.29, 0.717) is 44.2 Å². The summed E-state index contributed by atoms with van der Waals surface area (Å²) in [7, 11) is 0. The normalized spacial score (nSPS) is 15.8. The Balaban J connectivity index is 1.72. The summed E-state index contributed by atoms with van der Waals surface area (Å²) in [6.45, 7) is 4.07. The van der Waals surface area contributed by atoms with Crippen LogP contribution >= 0.6 is 11.6 Å². The zero-order valence-corrected chi connectivity index (χ0v) is 20.9. The van der Waals surface area contributed by atoms with E-state index in [0.717, 1.165) is 11.6 Å². The highest BCUT2D eigenvalue weighted by molar-refractivity contribution is 6.30. The molecule has 2 N–H and O–H groups in total. The van der Waals surface area contributed by atoms with E-state index in [2.05, 4.69) is 0 Å². The number of carbonyl (C=O) groups excluding carboxylic acids is 2. The number of likely N-dealkylation sites (N-methyl/N-ethyl adjacent to an activating group) is 1. The van der Waals surface area contributed by atoms with Gasteiger partial charge in [0.25, 0.3) is 0 Å². The lowest BCUT2D eigenvalue weighted by Gasteiger charge is -2.41. The zero-order valence-electron chi connectivity index (χ0n) is 20.2. The van der Waals surface area contributed by atoms with Crippen LogP contribution in [0.15, 0.2) is 48.5 Å². The van der Waals surface area contributed by atoms with Crippen LogP contribution in [0.25, 0.3) is 0 Å². The molecule has 1 unspecified atom stereocenters. The molecule has 10 heteroatoms. The van der Waals surface area contributed by atoms with Gasteiger partial charge in [0.1, 0.15) is 0 Å². The highest BCUT2D eigenvalue weighted by Crippen LogP contribution is 2.37. The van der Waals surface area contributed by atoms with E-state index in [1.165, 1.54) is 12.1 Å². The Bertz CT molecular complexity index is 1020. The Morgan fingerprint density at radius 1 is 1.08 bits per heavy atom. The van der Waals surface area contributed by atoms with Gasteiger partial charge in [0, 0.05) is 43.8 Å². The van der Waals surface area contributed by atoms with E-state index in [-0.39, 0.29) is 24.6 Å². The average Bonchev–Trinajstić information content (AvgIpc) is 2.85. The molecular weight excluding hydrogens is 493 g/mol. The summed E-state index contributed by atoms with van der Waals surface area (Å²) >= 11 is 5.90. The van der Waals surface area contributed by atoms with Crippen molar-refractivity contribution in [2.24, 2.45) is 5.73 Å². The molecule has 2 amide bonds. The van der Waals surface area contributed by atoms with Gasteiger partial charge >= 0.3 is 6.18 Å². The predicted octanol–water partition coefficient (Wildman–Crippen LogP) is 3.80. The highest BCUT2D eigenvalue weighted by Gasteiger charge is 2.37. The summed E-state index contributed by atoms with van der Waals surface area (Å²) in [6.07, 6.45) is -2.43. The number of hydrogen-bond acceptors (Lipinski definition) is 4. The molecule has 2 aromatic carbocycles. The molecular formula is C26H31ClF3N4O2. The van der Waals surface area contributed by atoms with Gasteiger partial charge in [-0.15, -0.1) is 0 Å². The van der Waals surface area contributed by atoms with Crippen molar-refractivity contribution in [1.82, 2.24) is 14.7 Å². The molecule has 0 aliphatic carbocycles. The summed E-state index contributed by atoms with van der Waals surface area (Å²) in [5.74, 6) is -0.646. The summed E-state index contributed by atoms with van der Waals surface area (Å²) in [5.41, 5.74) is 5.78. The Labute approximate surface area is 214 Å². The van der Waals surface area contributed by atoms with Crippen molar-refractivity contribution in [2.45, 2.75) is 25.6 Å². The van der Waals surface area contributed by atoms with Crippen LogP contribution < -0.4 is 5.73 Å². The molecule has 1 aliphatic heterocycles. The predicted molar refractivity (Wildman–Crippen MR) is 133 cm³/mol. The number of hydrogen-bond donors (Lipinski definition) is 1. The molecule has 2 aromatic rings. The monoisotopic (exact) mass is 523 g/mol. The third-order valence-corrected chi connectivity index (χ3v) is 6.63. The quantitative estimate of drug-likeness (QED) is 0.514. The summed E-state index contributed by atoms with van der Waals surface area (Å²) in [6, 6.07) is 12.2. The molecule has 1 heterocycles. The van der Waals surface area contributed by atoms with Gasteiger partial charge in [-0.05, 0) is 42.3 Å². The number of nitrogens with two attached hydrogens (primary N) is 1. The number of nitrogens with zero attached hydrogens (tertiary/aromatic N) is 3. The van der Waals surface area contributed by atoms with Gasteiger partial charge in [-0.25, -0.2) is 0 Å². The van der Waals surface area contributed by atoms with E-state index in [9.17, 15) is 22.8 Å². The molecule has 36 heavy (non-hydrogen) atoms. The van der Waals surface area contributed by atoms with Crippen molar-refractivity contribution in [2.75, 3.05) is 45.8 Å². The maximum Gasteiger partial charge on any atom is 0.416 e. The number of piperazine rings is 1. The lowest BCUT2D eigenvalue weighted by molar-refractivity contribution is -0.139. The molecule has 3 rings (SSSR count). The first-order chi connectivity index (χ1) is 17.1. The molecule has 1 atom stereocenters. The second-order valence-corrected chi connectivity index (χ2v) is 9.23. The van der Waals surface area contributed by atoms with Crippen molar-refractivity contribution in [1.29, 1.82) is 0 Å². The molecule has 0 bridgehead atoms. The fourth-order valence-corrected chi connectivity index (χ4v) is 4.56. The van der Waals surface area contributed by atoms with Gasteiger partial charge in [-0.1, -0.05) is 48.9 Å². The van der Waals surface area contributed by atoms with Gasteiger partial charge in [0.15, 0.2) is 0 Å². The summed E-state index contributed by atoms with van der Waals surface area (Å²) in [4.78, 5) is 29.7. The SMILES string of the molecule is CCN(CC(N)=O)CC(c1ccccc1C(F)(F)F)N1CCN(C(=O)[CH]Cc2ccc(Cl)cc2)CC1. The summed E-state index contributed by atoms with van der Waals surface area (Å²) in [5, 5.41) is 0.625. The average molecular weight is 524 g/mol. The van der Waals surface area contributed by atoms with Gasteiger partial charge in [-0.3, -0.25) is 19.4 Å².